The highest BCUT2D eigenvalue weighted by atomic mass is 19.4. The molecule has 6 aromatic rings. The van der Waals surface area contributed by atoms with Crippen molar-refractivity contribution in [2.75, 3.05) is 13.1 Å². The predicted octanol–water partition coefficient (Wildman–Crippen LogP) is 7.48. The smallest absolute Gasteiger partial charge is 0.406 e. The van der Waals surface area contributed by atoms with Crippen LogP contribution in [0.2, 0.25) is 0 Å². The first kappa shape index (κ1) is 54.8. The summed E-state index contributed by atoms with van der Waals surface area (Å²) in [6.07, 6.45) is 2.73. The number of nitrogens with zero attached hydrogens (tertiary/aromatic N) is 8. The molecule has 0 spiro atoms. The lowest BCUT2D eigenvalue weighted by Crippen LogP contribution is -2.49. The van der Waals surface area contributed by atoms with Crippen LogP contribution in [-0.2, 0) is 28.9 Å². The molecule has 6 aliphatic rings. The lowest BCUT2D eigenvalue weighted by Gasteiger charge is -2.52. The second-order valence-electron chi connectivity index (χ2n) is 20.9. The number of halogens is 7. The molecule has 4 amide bonds. The zero-order valence-electron chi connectivity index (χ0n) is 42.2. The summed E-state index contributed by atoms with van der Waals surface area (Å²) in [5.41, 5.74) is -1.80. The maximum Gasteiger partial charge on any atom is 0.573 e. The third-order valence-electron chi connectivity index (χ3n) is 16.4. The zero-order chi connectivity index (χ0) is 55.8. The Morgan fingerprint density at radius 1 is 0.564 bits per heavy atom. The van der Waals surface area contributed by atoms with Gasteiger partial charge in [-0.3, -0.25) is 28.8 Å². The number of ether oxygens (including phenoxy) is 1. The molecule has 4 heterocycles. The molecule has 0 saturated heterocycles. The van der Waals surface area contributed by atoms with Crippen LogP contribution in [0.3, 0.4) is 0 Å². The maximum atomic E-state index is 13.6. The first-order chi connectivity index (χ1) is 36.9. The van der Waals surface area contributed by atoms with E-state index in [0.717, 1.165) is 95.2 Å². The Bertz CT molecular complexity index is 3290. The zero-order valence-corrected chi connectivity index (χ0v) is 42.2. The molecule has 6 saturated carbocycles. The van der Waals surface area contributed by atoms with Gasteiger partial charge in [0.15, 0.2) is 0 Å². The van der Waals surface area contributed by atoms with Crippen molar-refractivity contribution in [2.45, 2.75) is 117 Å². The van der Waals surface area contributed by atoms with Gasteiger partial charge < -0.3 is 26.0 Å². The van der Waals surface area contributed by atoms with Gasteiger partial charge in [-0.05, 0) is 137 Å². The highest BCUT2D eigenvalue weighted by Crippen LogP contribution is 2.58. The second-order valence-corrected chi connectivity index (χ2v) is 20.9. The number of amides is 4. The van der Waals surface area contributed by atoms with E-state index in [0.29, 0.717) is 30.8 Å². The van der Waals surface area contributed by atoms with Gasteiger partial charge in [0.05, 0.1) is 5.56 Å². The molecule has 0 atom stereocenters. The largest absolute Gasteiger partial charge is 0.573 e. The molecule has 2 aromatic carbocycles. The normalized spacial score (nSPS) is 22.5. The molecule has 0 unspecified atom stereocenters. The minimum absolute atomic E-state index is 0.00585. The van der Waals surface area contributed by atoms with Gasteiger partial charge in [-0.15, -0.1) is 13.2 Å². The van der Waals surface area contributed by atoms with E-state index in [1.165, 1.54) is 46.0 Å². The molecule has 0 aliphatic heterocycles. The van der Waals surface area contributed by atoms with Crippen molar-refractivity contribution in [1.82, 2.24) is 60.4 Å². The predicted molar refractivity (Wildman–Crippen MR) is 260 cm³/mol. The summed E-state index contributed by atoms with van der Waals surface area (Å²) < 4.78 is 96.4. The van der Waals surface area contributed by atoms with Gasteiger partial charge in [-0.25, -0.2) is 14.4 Å². The van der Waals surface area contributed by atoms with Crippen LogP contribution in [0.1, 0.15) is 150 Å². The minimum atomic E-state index is -4.88. The minimum Gasteiger partial charge on any atom is -0.406 e. The fraction of sp³-hybridized carbons (Fsp3) is 0.462. The quantitative estimate of drug-likeness (QED) is 0.0730. The van der Waals surface area contributed by atoms with E-state index in [4.69, 9.17) is 0 Å². The number of fused-ring (bicyclic) bond motifs is 8. The summed E-state index contributed by atoms with van der Waals surface area (Å²) in [5.74, 6) is -3.62. The Kier molecular flexibility index (Phi) is 14.9. The maximum absolute atomic E-state index is 13.6. The van der Waals surface area contributed by atoms with E-state index in [-0.39, 0.29) is 86.2 Å². The van der Waals surface area contributed by atoms with Crippen LogP contribution in [0, 0.1) is 27.5 Å². The van der Waals surface area contributed by atoms with Gasteiger partial charge in [-0.1, -0.05) is 18.2 Å². The lowest BCUT2D eigenvalue weighted by atomic mass is 9.52. The highest BCUT2D eigenvalue weighted by Gasteiger charge is 2.52. The number of rotatable bonds is 15. The van der Waals surface area contributed by atoms with E-state index in [9.17, 15) is 59.5 Å². The van der Waals surface area contributed by atoms with Gasteiger partial charge in [0, 0.05) is 49.1 Å². The number of alkyl halides is 6. The fourth-order valence-corrected chi connectivity index (χ4v) is 11.3. The molecule has 4 aromatic heterocycles. The van der Waals surface area contributed by atoms with Crippen LogP contribution in [0.5, 0.6) is 5.75 Å². The second kappa shape index (κ2) is 21.1. The Balaban J connectivity index is 0.000000190. The number of carbonyl (C=O) groups is 6. The summed E-state index contributed by atoms with van der Waals surface area (Å²) in [6.45, 7) is 3.75. The molecule has 12 rings (SSSR count). The lowest BCUT2D eigenvalue weighted by molar-refractivity contribution is -0.274. The number of Topliss-reactive ketones (excluding diaryl/α,β-unsaturated/α-hetero) is 2. The summed E-state index contributed by atoms with van der Waals surface area (Å²) >= 11 is 0. The molecule has 0 radical (unpaired) electrons. The number of aromatic nitrogens is 8. The number of hydrogen-bond donors (Lipinski definition) is 4. The van der Waals surface area contributed by atoms with Gasteiger partial charge in [-0.2, -0.15) is 42.4 Å². The first-order valence-electron chi connectivity index (χ1n) is 25.2. The summed E-state index contributed by atoms with van der Waals surface area (Å²) in [6, 6.07) is 10.2. The summed E-state index contributed by atoms with van der Waals surface area (Å²) in [5, 5.41) is 19.0. The molecular weight excluding hydrogens is 1040 g/mol. The molecular formula is C52H53F7N12O7. The van der Waals surface area contributed by atoms with Gasteiger partial charge >= 0.3 is 12.5 Å². The summed E-state index contributed by atoms with van der Waals surface area (Å²) in [7, 11) is 0. The summed E-state index contributed by atoms with van der Waals surface area (Å²) in [4.78, 5) is 92.6. The van der Waals surface area contributed by atoms with E-state index in [1.807, 2.05) is 0 Å². The standard InChI is InChI=1S/C26H26F4N6O3.C26H27F3N6O4/c1-15(37)25-7-4-24(5-8-25,6-9-25)13-32-22(39)20-11-19(35-23-33-14-34-36(20)23)21(38)31-12-16-2-3-18(27)17(10-16)26(28,29)30;1-16(36)25-8-5-24(6-9-25,7-10-25)14-31-22(38)20-12-19(34-23-32-15-33-35(20)23)21(37)30-13-17-3-2-4-18(11-17)39-26(27,28)29/h2-3,10-11,14H,4-9,12-13H2,1H3,(H,31,38)(H,32,39);2-4,11-12,15H,5-10,13-14H2,1H3,(H,30,37)(H,31,38). The Morgan fingerprint density at radius 3 is 1.41 bits per heavy atom. The topological polar surface area (TPSA) is 246 Å². The van der Waals surface area contributed by atoms with Crippen molar-refractivity contribution in [3.8, 4) is 5.75 Å². The van der Waals surface area contributed by atoms with Crippen molar-refractivity contribution in [1.29, 1.82) is 0 Å². The first-order valence-corrected chi connectivity index (χ1v) is 25.2. The third-order valence-corrected chi connectivity index (χ3v) is 16.4. The van der Waals surface area contributed by atoms with E-state index in [1.54, 1.807) is 13.8 Å². The van der Waals surface area contributed by atoms with Crippen molar-refractivity contribution in [3.63, 3.8) is 0 Å². The van der Waals surface area contributed by atoms with Gasteiger partial charge in [0.25, 0.3) is 35.2 Å². The Labute approximate surface area is 439 Å². The van der Waals surface area contributed by atoms with E-state index < -0.39 is 53.3 Å². The van der Waals surface area contributed by atoms with Crippen LogP contribution < -0.4 is 26.0 Å². The van der Waals surface area contributed by atoms with Crippen LogP contribution in [0.25, 0.3) is 11.6 Å². The van der Waals surface area contributed by atoms with Crippen LogP contribution in [0.4, 0.5) is 30.7 Å². The molecule has 78 heavy (non-hydrogen) atoms. The average Bonchev–Trinajstić information content (AvgIpc) is 4.17. The molecule has 6 aliphatic carbocycles. The van der Waals surface area contributed by atoms with Gasteiger partial charge in [0.1, 0.15) is 58.6 Å². The average molecular weight is 1090 g/mol. The van der Waals surface area contributed by atoms with Crippen molar-refractivity contribution < 1.29 is 64.2 Å². The number of ketones is 2. The van der Waals surface area contributed by atoms with E-state index >= 15 is 0 Å². The molecule has 4 bridgehead atoms. The van der Waals surface area contributed by atoms with Crippen molar-refractivity contribution >= 4 is 46.8 Å². The number of nitrogens with one attached hydrogen (secondary N) is 4. The third kappa shape index (κ3) is 11.7. The number of hydrogen-bond acceptors (Lipinski definition) is 13. The van der Waals surface area contributed by atoms with Crippen molar-refractivity contribution in [3.05, 3.63) is 113 Å². The fourth-order valence-electron chi connectivity index (χ4n) is 11.3. The SMILES string of the molecule is CC(=O)C12CCC(CNC(=O)c3cc(C(=O)NCc4ccc(F)c(C(F)(F)F)c4)nc4ncnn34)(CC1)CC2.CC(=O)C12CCC(CNC(=O)c3cc(C(=O)NCc4cccc(OC(F)(F)F)c4)nc4ncnn34)(CC1)CC2. The van der Waals surface area contributed by atoms with Crippen LogP contribution in [-0.4, -0.2) is 93.8 Å². The molecule has 6 fully saturated rings. The number of benzene rings is 2. The van der Waals surface area contributed by atoms with Crippen molar-refractivity contribution in [2.24, 2.45) is 21.7 Å². The van der Waals surface area contributed by atoms with Gasteiger partial charge in [0.2, 0.25) is 0 Å². The molecule has 26 heteroatoms. The Hall–Kier alpha value is -7.93. The molecule has 412 valence electrons. The highest BCUT2D eigenvalue weighted by molar-refractivity contribution is 5.99. The Morgan fingerprint density at radius 2 is 1.00 bits per heavy atom. The molecule has 4 N–H and O–H groups in total. The molecule has 19 nitrogen and oxygen atoms in total. The monoisotopic (exact) mass is 1090 g/mol. The van der Waals surface area contributed by atoms with E-state index in [2.05, 4.69) is 56.1 Å². The van der Waals surface area contributed by atoms with Crippen LogP contribution >= 0.6 is 0 Å². The van der Waals surface area contributed by atoms with Crippen LogP contribution in [0.15, 0.2) is 67.3 Å². The number of carbonyl (C=O) groups excluding carboxylic acids is 6.